The molecule has 1 amide bonds. The van der Waals surface area contributed by atoms with E-state index in [1.807, 2.05) is 32.0 Å². The second-order valence-electron chi connectivity index (χ2n) is 5.53. The molecule has 0 aliphatic rings. The maximum absolute atomic E-state index is 12.8. The van der Waals surface area contributed by atoms with Gasteiger partial charge in [0.05, 0.1) is 17.3 Å². The highest BCUT2D eigenvalue weighted by Crippen LogP contribution is 2.35. The Kier molecular flexibility index (Phi) is 5.22. The van der Waals surface area contributed by atoms with Crippen LogP contribution < -0.4 is 5.32 Å². The van der Waals surface area contributed by atoms with Gasteiger partial charge >= 0.3 is 6.18 Å². The Bertz CT molecular complexity index is 748. The van der Waals surface area contributed by atoms with Crippen LogP contribution in [-0.2, 0) is 17.5 Å². The Morgan fingerprint density at radius 1 is 1.25 bits per heavy atom. The van der Waals surface area contributed by atoms with Crippen LogP contribution in [0.25, 0.3) is 0 Å². The van der Waals surface area contributed by atoms with Crippen molar-refractivity contribution < 1.29 is 18.0 Å². The molecule has 0 saturated heterocycles. The summed E-state index contributed by atoms with van der Waals surface area (Å²) in [7, 11) is 0. The Hall–Kier alpha value is -2.02. The summed E-state index contributed by atoms with van der Waals surface area (Å²) in [4.78, 5) is 12.1. The van der Waals surface area contributed by atoms with Crippen molar-refractivity contribution in [2.75, 3.05) is 5.32 Å². The lowest BCUT2D eigenvalue weighted by atomic mass is 10.1. The molecule has 1 aromatic heterocycles. The van der Waals surface area contributed by atoms with Crippen LogP contribution in [0, 0.1) is 20.8 Å². The monoisotopic (exact) mass is 359 g/mol. The number of aromatic nitrogens is 2. The molecule has 0 aliphatic carbocycles. The first kappa shape index (κ1) is 18.3. The first-order valence-corrected chi connectivity index (χ1v) is 7.65. The number of hydrogen-bond acceptors (Lipinski definition) is 2. The van der Waals surface area contributed by atoms with Crippen LogP contribution in [0.3, 0.4) is 0 Å². The van der Waals surface area contributed by atoms with E-state index in [1.165, 1.54) is 6.92 Å². The molecule has 1 heterocycles. The highest BCUT2D eigenvalue weighted by Gasteiger charge is 2.38. The second-order valence-corrected chi connectivity index (χ2v) is 5.91. The number of hydrogen-bond donors (Lipinski definition) is 1. The first-order chi connectivity index (χ1) is 11.1. The molecular weight excluding hydrogens is 343 g/mol. The fourth-order valence-corrected chi connectivity index (χ4v) is 2.59. The van der Waals surface area contributed by atoms with Crippen LogP contribution in [0.4, 0.5) is 18.9 Å². The summed E-state index contributed by atoms with van der Waals surface area (Å²) in [5, 5.41) is 5.83. The number of benzene rings is 1. The zero-order valence-electron chi connectivity index (χ0n) is 13.5. The fourth-order valence-electron chi connectivity index (χ4n) is 2.34. The van der Waals surface area contributed by atoms with Gasteiger partial charge in [-0.2, -0.15) is 18.3 Å². The number of nitrogens with zero attached hydrogens (tertiary/aromatic N) is 2. The molecular formula is C16H17ClF3N3O. The van der Waals surface area contributed by atoms with E-state index in [0.717, 1.165) is 15.8 Å². The number of anilines is 1. The van der Waals surface area contributed by atoms with Crippen LogP contribution in [0.5, 0.6) is 0 Å². The number of rotatable bonds is 4. The Balaban J connectivity index is 2.08. The van der Waals surface area contributed by atoms with Crippen molar-refractivity contribution in [3.05, 3.63) is 45.7 Å². The number of amides is 1. The van der Waals surface area contributed by atoms with E-state index in [4.69, 9.17) is 11.6 Å². The summed E-state index contributed by atoms with van der Waals surface area (Å²) in [6.07, 6.45) is -4.63. The highest BCUT2D eigenvalue weighted by molar-refractivity contribution is 6.31. The van der Waals surface area contributed by atoms with Gasteiger partial charge in [-0.3, -0.25) is 9.48 Å². The minimum atomic E-state index is -4.62. The van der Waals surface area contributed by atoms with Gasteiger partial charge in [0, 0.05) is 12.1 Å². The molecule has 1 N–H and O–H groups in total. The molecule has 0 unspecified atom stereocenters. The molecule has 1 aromatic carbocycles. The van der Waals surface area contributed by atoms with Gasteiger partial charge in [-0.1, -0.05) is 29.8 Å². The SMILES string of the molecule is Cc1cccc(C)c1NC(=O)CCn1nc(C(F)(F)F)c(Cl)c1C. The quantitative estimate of drug-likeness (QED) is 0.873. The van der Waals surface area contributed by atoms with E-state index in [1.54, 1.807) is 0 Å². The zero-order valence-corrected chi connectivity index (χ0v) is 14.2. The lowest BCUT2D eigenvalue weighted by Gasteiger charge is -2.11. The van der Waals surface area contributed by atoms with Gasteiger partial charge in [-0.25, -0.2) is 0 Å². The molecule has 0 fully saturated rings. The largest absolute Gasteiger partial charge is 0.436 e. The average Bonchev–Trinajstić information content (AvgIpc) is 2.77. The van der Waals surface area contributed by atoms with E-state index in [9.17, 15) is 18.0 Å². The topological polar surface area (TPSA) is 46.9 Å². The van der Waals surface area contributed by atoms with Gasteiger partial charge in [0.2, 0.25) is 5.91 Å². The predicted molar refractivity (Wildman–Crippen MR) is 86.1 cm³/mol. The molecule has 130 valence electrons. The van der Waals surface area contributed by atoms with Crippen molar-refractivity contribution in [1.29, 1.82) is 0 Å². The second kappa shape index (κ2) is 6.84. The molecule has 0 radical (unpaired) electrons. The maximum Gasteiger partial charge on any atom is 0.436 e. The lowest BCUT2D eigenvalue weighted by Crippen LogP contribution is -2.17. The van der Waals surface area contributed by atoms with Gasteiger partial charge in [0.25, 0.3) is 0 Å². The third kappa shape index (κ3) is 3.90. The van der Waals surface area contributed by atoms with Gasteiger partial charge in [-0.15, -0.1) is 0 Å². The number of aryl methyl sites for hydroxylation is 3. The van der Waals surface area contributed by atoms with Gasteiger partial charge in [0.15, 0.2) is 5.69 Å². The number of halogens is 4. The first-order valence-electron chi connectivity index (χ1n) is 7.27. The van der Waals surface area contributed by atoms with Crippen molar-refractivity contribution in [1.82, 2.24) is 9.78 Å². The van der Waals surface area contributed by atoms with Crippen molar-refractivity contribution in [3.63, 3.8) is 0 Å². The molecule has 0 bridgehead atoms. The molecule has 0 aliphatic heterocycles. The maximum atomic E-state index is 12.8. The molecule has 0 spiro atoms. The molecule has 0 saturated carbocycles. The van der Waals surface area contributed by atoms with Gasteiger partial charge < -0.3 is 5.32 Å². The Morgan fingerprint density at radius 3 is 2.33 bits per heavy atom. The molecule has 2 rings (SSSR count). The standard InChI is InChI=1S/C16H17ClF3N3O/c1-9-5-4-6-10(2)14(9)21-12(24)7-8-23-11(3)13(17)15(22-23)16(18,19)20/h4-6H,7-8H2,1-3H3,(H,21,24). The smallest absolute Gasteiger partial charge is 0.326 e. The number of carbonyl (C=O) groups excluding carboxylic acids is 1. The average molecular weight is 360 g/mol. The normalized spacial score (nSPS) is 11.6. The van der Waals surface area contributed by atoms with Gasteiger partial charge in [0.1, 0.15) is 0 Å². The van der Waals surface area contributed by atoms with Crippen molar-refractivity contribution in [3.8, 4) is 0 Å². The van der Waals surface area contributed by atoms with Crippen LogP contribution in [-0.4, -0.2) is 15.7 Å². The van der Waals surface area contributed by atoms with Crippen LogP contribution in [0.15, 0.2) is 18.2 Å². The third-order valence-electron chi connectivity index (χ3n) is 3.70. The predicted octanol–water partition coefficient (Wildman–Crippen LogP) is 4.51. The van der Waals surface area contributed by atoms with Crippen molar-refractivity contribution >= 4 is 23.2 Å². The van der Waals surface area contributed by atoms with Crippen LogP contribution in [0.2, 0.25) is 5.02 Å². The van der Waals surface area contributed by atoms with E-state index >= 15 is 0 Å². The number of para-hydroxylation sites is 1. The molecule has 2 aromatic rings. The minimum absolute atomic E-state index is 0.01000. The molecule has 8 heteroatoms. The summed E-state index contributed by atoms with van der Waals surface area (Å²) in [5.74, 6) is -0.299. The number of nitrogens with one attached hydrogen (secondary N) is 1. The highest BCUT2D eigenvalue weighted by atomic mass is 35.5. The van der Waals surface area contributed by atoms with E-state index in [-0.39, 0.29) is 24.6 Å². The Labute approximate surface area is 142 Å². The molecule has 0 atom stereocenters. The zero-order chi connectivity index (χ0) is 18.1. The van der Waals surface area contributed by atoms with E-state index in [2.05, 4.69) is 10.4 Å². The van der Waals surface area contributed by atoms with Gasteiger partial charge in [-0.05, 0) is 31.9 Å². The number of alkyl halides is 3. The third-order valence-corrected chi connectivity index (χ3v) is 4.15. The fraction of sp³-hybridized carbons (Fsp3) is 0.375. The summed E-state index contributed by atoms with van der Waals surface area (Å²) < 4.78 is 39.4. The summed E-state index contributed by atoms with van der Waals surface area (Å²) in [6.45, 7) is 5.19. The van der Waals surface area contributed by atoms with E-state index in [0.29, 0.717) is 5.69 Å². The van der Waals surface area contributed by atoms with Crippen LogP contribution in [0.1, 0.15) is 28.9 Å². The summed E-state index contributed by atoms with van der Waals surface area (Å²) in [6, 6.07) is 5.62. The van der Waals surface area contributed by atoms with Crippen molar-refractivity contribution in [2.24, 2.45) is 0 Å². The molecule has 4 nitrogen and oxygen atoms in total. The van der Waals surface area contributed by atoms with E-state index < -0.39 is 16.9 Å². The molecule has 24 heavy (non-hydrogen) atoms. The Morgan fingerprint density at radius 2 is 1.83 bits per heavy atom. The lowest BCUT2D eigenvalue weighted by molar-refractivity contribution is -0.141. The van der Waals surface area contributed by atoms with Crippen LogP contribution >= 0.6 is 11.6 Å². The summed E-state index contributed by atoms with van der Waals surface area (Å²) >= 11 is 5.68. The van der Waals surface area contributed by atoms with Crippen molar-refractivity contribution in [2.45, 2.75) is 39.9 Å². The minimum Gasteiger partial charge on any atom is -0.326 e. The number of carbonyl (C=O) groups is 1. The summed E-state index contributed by atoms with van der Waals surface area (Å²) in [5.41, 5.74) is 1.61.